The second-order valence-electron chi connectivity index (χ2n) is 6.14. The molecule has 0 N–H and O–H groups in total. The molecule has 0 amide bonds. The summed E-state index contributed by atoms with van der Waals surface area (Å²) in [7, 11) is 1.34. The highest BCUT2D eigenvalue weighted by Crippen LogP contribution is 2.26. The van der Waals surface area contributed by atoms with Crippen molar-refractivity contribution in [3.05, 3.63) is 29.8 Å². The highest BCUT2D eigenvalue weighted by atomic mass is 19.3. The maximum atomic E-state index is 11.7. The monoisotopic (exact) mass is 394 g/mol. The Labute approximate surface area is 160 Å². The number of methoxy groups -OCH3 is 1. The van der Waals surface area contributed by atoms with Crippen molar-refractivity contribution in [1.82, 2.24) is 0 Å². The molecule has 1 aliphatic rings. The van der Waals surface area contributed by atoms with Gasteiger partial charge in [-0.15, -0.1) is 0 Å². The normalized spacial score (nSPS) is 18.3. The Morgan fingerprint density at radius 3 is 2.15 bits per heavy atom. The van der Waals surface area contributed by atoms with Crippen LogP contribution in [0.25, 0.3) is 0 Å². The lowest BCUT2D eigenvalue weighted by atomic mass is 9.89. The number of carbonyl (C=O) groups excluding carboxylic acids is 1. The Balaban J connectivity index is 0. The molecule has 4 nitrogen and oxygen atoms in total. The van der Waals surface area contributed by atoms with E-state index in [1.807, 2.05) is 24.3 Å². The first-order valence-corrected chi connectivity index (χ1v) is 8.66. The maximum Gasteiger partial charge on any atom is 0.345 e. The third-order valence-electron chi connectivity index (χ3n) is 4.17. The number of halogens is 3. The molecule has 2 rings (SSSR count). The first-order valence-electron chi connectivity index (χ1n) is 8.66. The highest BCUT2D eigenvalue weighted by molar-refractivity contribution is 5.70. The molecular weight excluding hydrogens is 361 g/mol. The molecule has 1 aliphatic carbocycles. The van der Waals surface area contributed by atoms with Gasteiger partial charge in [0.05, 0.1) is 13.2 Å². The smallest absolute Gasteiger partial charge is 0.345 e. The van der Waals surface area contributed by atoms with E-state index in [1.54, 1.807) is 0 Å². The number of hydrogen-bond acceptors (Lipinski definition) is 4. The van der Waals surface area contributed by atoms with Crippen LogP contribution in [-0.4, -0.2) is 32.4 Å². The van der Waals surface area contributed by atoms with E-state index < -0.39 is 6.61 Å². The van der Waals surface area contributed by atoms with Crippen LogP contribution >= 0.6 is 0 Å². The number of carbonyl (C=O) groups is 1. The van der Waals surface area contributed by atoms with Crippen molar-refractivity contribution in [2.45, 2.75) is 66.1 Å². The summed E-state index contributed by atoms with van der Waals surface area (Å²) >= 11 is 0. The molecule has 0 saturated heterocycles. The molecule has 0 atom stereocenters. The third kappa shape index (κ3) is 12.3. The lowest BCUT2D eigenvalue weighted by molar-refractivity contribution is -0.171. The van der Waals surface area contributed by atoms with Gasteiger partial charge in [0.2, 0.25) is 0 Å². The lowest BCUT2D eigenvalue weighted by Crippen LogP contribution is -2.22. The number of benzene rings is 1. The van der Waals surface area contributed by atoms with Crippen molar-refractivity contribution in [1.29, 1.82) is 0 Å². The Hall–Kier alpha value is -1.76. The van der Waals surface area contributed by atoms with Crippen molar-refractivity contribution < 1.29 is 32.5 Å². The van der Waals surface area contributed by atoms with Gasteiger partial charge in [-0.1, -0.05) is 33.4 Å². The quantitative estimate of drug-likeness (QED) is 0.607. The molecule has 0 heterocycles. The Kier molecular flexibility index (Phi) is 15.6. The first kappa shape index (κ1) is 27.5. The van der Waals surface area contributed by atoms with Crippen LogP contribution in [0, 0.1) is 5.92 Å². The molecular formula is C20H33F3O4. The van der Waals surface area contributed by atoms with Crippen molar-refractivity contribution >= 4 is 5.97 Å². The van der Waals surface area contributed by atoms with Crippen molar-refractivity contribution in [3.8, 4) is 5.75 Å². The molecule has 0 radical (unpaired) electrons. The molecule has 1 fully saturated rings. The summed E-state index contributed by atoms with van der Waals surface area (Å²) in [5.41, 5.74) is 1.25. The van der Waals surface area contributed by atoms with Crippen LogP contribution in [0.1, 0.15) is 52.5 Å². The number of ether oxygens (including phenoxy) is 3. The SMILES string of the molecule is C.CC1CCC(OC(F)F)CC1.CCc1ccc(OCC(=O)OC)cc1.F. The van der Waals surface area contributed by atoms with Gasteiger partial charge in [-0.2, -0.15) is 8.78 Å². The molecule has 27 heavy (non-hydrogen) atoms. The van der Waals surface area contributed by atoms with E-state index in [-0.39, 0.29) is 30.8 Å². The molecule has 158 valence electrons. The maximum absolute atomic E-state index is 11.7. The third-order valence-corrected chi connectivity index (χ3v) is 4.17. The largest absolute Gasteiger partial charge is 0.482 e. The molecule has 1 aromatic carbocycles. The molecule has 0 bridgehead atoms. The second-order valence-corrected chi connectivity index (χ2v) is 6.14. The molecule has 0 spiro atoms. The number of aryl methyl sites for hydroxylation is 1. The summed E-state index contributed by atoms with van der Waals surface area (Å²) in [5.74, 6) is 1.00. The Morgan fingerprint density at radius 2 is 1.70 bits per heavy atom. The lowest BCUT2D eigenvalue weighted by Gasteiger charge is -2.25. The average Bonchev–Trinajstić information content (AvgIpc) is 2.62. The van der Waals surface area contributed by atoms with E-state index in [9.17, 15) is 13.6 Å². The van der Waals surface area contributed by atoms with E-state index in [0.717, 1.165) is 32.1 Å². The van der Waals surface area contributed by atoms with Gasteiger partial charge < -0.3 is 14.2 Å². The van der Waals surface area contributed by atoms with Crippen molar-refractivity contribution in [3.63, 3.8) is 0 Å². The molecule has 0 aromatic heterocycles. The summed E-state index contributed by atoms with van der Waals surface area (Å²) in [6, 6.07) is 7.66. The van der Waals surface area contributed by atoms with Gasteiger partial charge >= 0.3 is 12.6 Å². The topological polar surface area (TPSA) is 44.8 Å². The summed E-state index contributed by atoms with van der Waals surface area (Å²) in [4.78, 5) is 10.8. The van der Waals surface area contributed by atoms with E-state index >= 15 is 0 Å². The minimum Gasteiger partial charge on any atom is -0.482 e. The molecule has 1 saturated carbocycles. The van der Waals surface area contributed by atoms with Crippen LogP contribution in [0.3, 0.4) is 0 Å². The van der Waals surface area contributed by atoms with Crippen LogP contribution in [0.15, 0.2) is 24.3 Å². The summed E-state index contributed by atoms with van der Waals surface area (Å²) in [6.07, 6.45) is 4.45. The second kappa shape index (κ2) is 15.3. The molecule has 0 aliphatic heterocycles. The molecule has 0 unspecified atom stereocenters. The summed E-state index contributed by atoms with van der Waals surface area (Å²) in [5, 5.41) is 0. The first-order chi connectivity index (χ1) is 11.9. The summed E-state index contributed by atoms with van der Waals surface area (Å²) in [6.45, 7) is 1.61. The van der Waals surface area contributed by atoms with Crippen LogP contribution in [-0.2, 0) is 20.7 Å². The molecule has 1 aromatic rings. The average molecular weight is 394 g/mol. The van der Waals surface area contributed by atoms with Gasteiger partial charge in [-0.05, 0) is 55.7 Å². The molecule has 7 heteroatoms. The zero-order valence-corrected chi connectivity index (χ0v) is 15.6. The van der Waals surface area contributed by atoms with Crippen molar-refractivity contribution in [2.24, 2.45) is 5.92 Å². The minimum absolute atomic E-state index is 0. The zero-order chi connectivity index (χ0) is 18.7. The van der Waals surface area contributed by atoms with Gasteiger partial charge in [-0.25, -0.2) is 4.79 Å². The van der Waals surface area contributed by atoms with E-state index in [4.69, 9.17) is 4.74 Å². The minimum atomic E-state index is -2.59. The number of alkyl halides is 2. The van der Waals surface area contributed by atoms with Gasteiger partial charge in [0.15, 0.2) is 6.61 Å². The van der Waals surface area contributed by atoms with Crippen LogP contribution in [0.4, 0.5) is 13.5 Å². The van der Waals surface area contributed by atoms with E-state index in [0.29, 0.717) is 11.7 Å². The highest BCUT2D eigenvalue weighted by Gasteiger charge is 2.21. The van der Waals surface area contributed by atoms with E-state index in [1.165, 1.54) is 12.7 Å². The van der Waals surface area contributed by atoms with Crippen LogP contribution in [0.5, 0.6) is 5.75 Å². The van der Waals surface area contributed by atoms with Gasteiger partial charge in [-0.3, -0.25) is 4.70 Å². The zero-order valence-electron chi connectivity index (χ0n) is 15.6. The van der Waals surface area contributed by atoms with E-state index in [2.05, 4.69) is 23.3 Å². The fourth-order valence-corrected chi connectivity index (χ4v) is 2.53. The van der Waals surface area contributed by atoms with Crippen molar-refractivity contribution in [2.75, 3.05) is 13.7 Å². The number of hydrogen-bond donors (Lipinski definition) is 0. The fraction of sp³-hybridized carbons (Fsp3) is 0.650. The predicted octanol–water partition coefficient (Wildman–Crippen LogP) is 5.39. The number of rotatable bonds is 6. The standard InChI is InChI=1S/C11H14O3.C8H14F2O.CH4.FH/c1-3-9-4-6-10(7-5-9)14-8-11(12)13-2;1-6-2-4-7(5-3-6)11-8(9)10;;/h4-7H,3,8H2,1-2H3;6-8H,2-5H2,1H3;1H4;1H. The van der Waals surface area contributed by atoms with Crippen LogP contribution in [0.2, 0.25) is 0 Å². The fourth-order valence-electron chi connectivity index (χ4n) is 2.53. The Bertz CT molecular complexity index is 487. The summed E-state index contributed by atoms with van der Waals surface area (Å²) < 4.78 is 37.4. The van der Waals surface area contributed by atoms with Gasteiger partial charge in [0.25, 0.3) is 0 Å². The van der Waals surface area contributed by atoms with Crippen LogP contribution < -0.4 is 4.74 Å². The number of esters is 1. The van der Waals surface area contributed by atoms with Gasteiger partial charge in [0, 0.05) is 0 Å². The predicted molar refractivity (Wildman–Crippen MR) is 101 cm³/mol. The van der Waals surface area contributed by atoms with Gasteiger partial charge in [0.1, 0.15) is 5.75 Å². The Morgan fingerprint density at radius 1 is 1.15 bits per heavy atom.